The molecule has 1 unspecified atom stereocenters. The monoisotopic (exact) mass is 315 g/mol. The fourth-order valence-electron chi connectivity index (χ4n) is 2.10. The highest BCUT2D eigenvalue weighted by atomic mass is 32.2. The Bertz CT molecular complexity index is 567. The summed E-state index contributed by atoms with van der Waals surface area (Å²) in [6.45, 7) is 0.870. The van der Waals surface area contributed by atoms with E-state index in [2.05, 4.69) is 5.32 Å². The van der Waals surface area contributed by atoms with E-state index in [1.54, 1.807) is 12.1 Å². The second-order valence-electron chi connectivity index (χ2n) is 5.05. The Morgan fingerprint density at radius 2 is 2.20 bits per heavy atom. The Morgan fingerprint density at radius 1 is 1.45 bits per heavy atom. The van der Waals surface area contributed by atoms with E-state index in [-0.39, 0.29) is 4.90 Å². The van der Waals surface area contributed by atoms with Crippen molar-refractivity contribution in [3.05, 3.63) is 18.2 Å². The van der Waals surface area contributed by atoms with E-state index in [0.29, 0.717) is 10.9 Å². The predicted octanol–water partition coefficient (Wildman–Crippen LogP) is 1.83. The minimum absolute atomic E-state index is 0.223. The molecule has 1 aliphatic heterocycles. The van der Waals surface area contributed by atoms with Gasteiger partial charge in [0.25, 0.3) is 0 Å². The third-order valence-electron chi connectivity index (χ3n) is 3.35. The number of hydrogen-bond donors (Lipinski definition) is 2. The van der Waals surface area contributed by atoms with Crippen LogP contribution in [0.25, 0.3) is 0 Å². The molecule has 0 bridgehead atoms. The van der Waals surface area contributed by atoms with Crippen molar-refractivity contribution in [1.29, 1.82) is 0 Å². The molecule has 0 amide bonds. The Hall–Kier alpha value is -0.920. The number of sulfonamides is 1. The summed E-state index contributed by atoms with van der Waals surface area (Å²) in [5.41, 5.74) is 7.22. The third-order valence-corrected chi connectivity index (χ3v) is 6.56. The molecule has 1 aromatic rings. The van der Waals surface area contributed by atoms with Gasteiger partial charge in [-0.3, -0.25) is 0 Å². The van der Waals surface area contributed by atoms with Crippen LogP contribution in [0.2, 0.25) is 0 Å². The standard InChI is InChI=1S/C13H21N3O2S2/c1-16(2)20(17,18)11-5-6-13(12(14)8-11)15-9-10-4-3-7-19-10/h5-6,8,10,15H,3-4,7,9,14H2,1-2H3. The summed E-state index contributed by atoms with van der Waals surface area (Å²) in [6.07, 6.45) is 2.50. The highest BCUT2D eigenvalue weighted by molar-refractivity contribution is 8.00. The molecule has 0 radical (unpaired) electrons. The minimum Gasteiger partial charge on any atom is -0.397 e. The average molecular weight is 315 g/mol. The van der Waals surface area contributed by atoms with Gasteiger partial charge < -0.3 is 11.1 Å². The van der Waals surface area contributed by atoms with Crippen molar-refractivity contribution in [2.75, 3.05) is 37.4 Å². The van der Waals surface area contributed by atoms with E-state index in [0.717, 1.165) is 12.2 Å². The van der Waals surface area contributed by atoms with Gasteiger partial charge in [-0.1, -0.05) is 0 Å². The largest absolute Gasteiger partial charge is 0.397 e. The zero-order chi connectivity index (χ0) is 14.8. The lowest BCUT2D eigenvalue weighted by Gasteiger charge is -2.15. The lowest BCUT2D eigenvalue weighted by atomic mass is 10.2. The van der Waals surface area contributed by atoms with Gasteiger partial charge in [0, 0.05) is 25.9 Å². The van der Waals surface area contributed by atoms with Gasteiger partial charge in [0.2, 0.25) is 10.0 Å². The molecule has 0 aliphatic carbocycles. The SMILES string of the molecule is CN(C)S(=O)(=O)c1ccc(NCC2CCCS2)c(N)c1. The van der Waals surface area contributed by atoms with Crippen molar-refractivity contribution >= 4 is 33.2 Å². The van der Waals surface area contributed by atoms with Crippen molar-refractivity contribution < 1.29 is 8.42 Å². The number of anilines is 2. The van der Waals surface area contributed by atoms with Gasteiger partial charge in [0.1, 0.15) is 0 Å². The molecule has 0 saturated carbocycles. The Labute approximate surface area is 125 Å². The molecule has 0 aromatic heterocycles. The zero-order valence-corrected chi connectivity index (χ0v) is 13.4. The Kier molecular flexibility index (Phi) is 4.82. The van der Waals surface area contributed by atoms with E-state index in [1.807, 2.05) is 11.8 Å². The van der Waals surface area contributed by atoms with E-state index < -0.39 is 10.0 Å². The summed E-state index contributed by atoms with van der Waals surface area (Å²) in [7, 11) is -0.407. The molecule has 1 fully saturated rings. The maximum absolute atomic E-state index is 12.0. The van der Waals surface area contributed by atoms with Gasteiger partial charge >= 0.3 is 0 Å². The van der Waals surface area contributed by atoms with E-state index in [1.165, 1.54) is 43.1 Å². The van der Waals surface area contributed by atoms with Gasteiger partial charge in [-0.2, -0.15) is 11.8 Å². The summed E-state index contributed by atoms with van der Waals surface area (Å²) in [6, 6.07) is 4.85. The van der Waals surface area contributed by atoms with Crippen LogP contribution in [-0.2, 0) is 10.0 Å². The van der Waals surface area contributed by atoms with E-state index in [4.69, 9.17) is 5.73 Å². The number of nitrogens with two attached hydrogens (primary N) is 1. The van der Waals surface area contributed by atoms with Crippen LogP contribution in [-0.4, -0.2) is 44.4 Å². The lowest BCUT2D eigenvalue weighted by molar-refractivity contribution is 0.521. The molecule has 20 heavy (non-hydrogen) atoms. The maximum atomic E-state index is 12.0. The van der Waals surface area contributed by atoms with Crippen molar-refractivity contribution in [3.8, 4) is 0 Å². The molecule has 3 N–H and O–H groups in total. The van der Waals surface area contributed by atoms with Gasteiger partial charge in [-0.25, -0.2) is 12.7 Å². The highest BCUT2D eigenvalue weighted by Crippen LogP contribution is 2.28. The topological polar surface area (TPSA) is 75.4 Å². The third kappa shape index (κ3) is 3.39. The van der Waals surface area contributed by atoms with Crippen LogP contribution >= 0.6 is 11.8 Å². The van der Waals surface area contributed by atoms with Crippen molar-refractivity contribution in [3.63, 3.8) is 0 Å². The molecule has 7 heteroatoms. The number of benzene rings is 1. The molecular formula is C13H21N3O2S2. The van der Waals surface area contributed by atoms with Crippen LogP contribution in [0.1, 0.15) is 12.8 Å². The zero-order valence-electron chi connectivity index (χ0n) is 11.8. The molecular weight excluding hydrogens is 294 g/mol. The summed E-state index contributed by atoms with van der Waals surface area (Å²) >= 11 is 1.97. The Balaban J connectivity index is 2.09. The second-order valence-corrected chi connectivity index (χ2v) is 8.61. The molecule has 1 heterocycles. The first kappa shape index (κ1) is 15.5. The molecule has 1 aromatic carbocycles. The van der Waals surface area contributed by atoms with Crippen LogP contribution in [0.5, 0.6) is 0 Å². The van der Waals surface area contributed by atoms with Gasteiger partial charge in [-0.15, -0.1) is 0 Å². The maximum Gasteiger partial charge on any atom is 0.242 e. The summed E-state index contributed by atoms with van der Waals surface area (Å²) in [4.78, 5) is 0.223. The first-order chi connectivity index (χ1) is 9.41. The molecule has 1 aliphatic rings. The summed E-state index contributed by atoms with van der Waals surface area (Å²) < 4.78 is 25.2. The number of nitrogen functional groups attached to an aromatic ring is 1. The quantitative estimate of drug-likeness (QED) is 0.811. The number of nitrogens with zero attached hydrogens (tertiary/aromatic N) is 1. The van der Waals surface area contributed by atoms with Crippen LogP contribution in [0.3, 0.4) is 0 Å². The van der Waals surface area contributed by atoms with Crippen molar-refractivity contribution in [1.82, 2.24) is 4.31 Å². The number of hydrogen-bond acceptors (Lipinski definition) is 5. The molecule has 0 spiro atoms. The van der Waals surface area contributed by atoms with E-state index >= 15 is 0 Å². The first-order valence-electron chi connectivity index (χ1n) is 6.59. The number of thioether (sulfide) groups is 1. The normalized spacial score (nSPS) is 19.4. The van der Waals surface area contributed by atoms with Crippen LogP contribution < -0.4 is 11.1 Å². The second kappa shape index (κ2) is 6.24. The fraction of sp³-hybridized carbons (Fsp3) is 0.538. The Morgan fingerprint density at radius 3 is 2.75 bits per heavy atom. The average Bonchev–Trinajstić information content (AvgIpc) is 2.90. The molecule has 5 nitrogen and oxygen atoms in total. The van der Waals surface area contributed by atoms with Gasteiger partial charge in [-0.05, 0) is 36.8 Å². The smallest absolute Gasteiger partial charge is 0.242 e. The predicted molar refractivity (Wildman–Crippen MR) is 85.7 cm³/mol. The molecule has 1 atom stereocenters. The number of rotatable bonds is 5. The molecule has 2 rings (SSSR count). The summed E-state index contributed by atoms with van der Waals surface area (Å²) in [5, 5.41) is 3.93. The van der Waals surface area contributed by atoms with Crippen LogP contribution in [0.15, 0.2) is 23.1 Å². The highest BCUT2D eigenvalue weighted by Gasteiger charge is 2.19. The molecule has 1 saturated heterocycles. The lowest BCUT2D eigenvalue weighted by Crippen LogP contribution is -2.22. The fourth-order valence-corrected chi connectivity index (χ4v) is 4.24. The minimum atomic E-state index is -3.43. The van der Waals surface area contributed by atoms with Crippen LogP contribution in [0.4, 0.5) is 11.4 Å². The summed E-state index contributed by atoms with van der Waals surface area (Å²) in [5.74, 6) is 1.22. The van der Waals surface area contributed by atoms with Gasteiger partial charge in [0.05, 0.1) is 16.3 Å². The first-order valence-corrected chi connectivity index (χ1v) is 9.07. The van der Waals surface area contributed by atoms with Crippen LogP contribution in [0, 0.1) is 0 Å². The van der Waals surface area contributed by atoms with E-state index in [9.17, 15) is 8.42 Å². The van der Waals surface area contributed by atoms with Crippen molar-refractivity contribution in [2.24, 2.45) is 0 Å². The molecule has 112 valence electrons. The number of nitrogens with one attached hydrogen (secondary N) is 1. The van der Waals surface area contributed by atoms with Gasteiger partial charge in [0.15, 0.2) is 0 Å². The van der Waals surface area contributed by atoms with Crippen molar-refractivity contribution in [2.45, 2.75) is 23.0 Å².